The molecule has 0 aliphatic carbocycles. The largest absolute Gasteiger partial charge is 0.395 e. The first-order valence-electron chi connectivity index (χ1n) is 5.76. The highest BCUT2D eigenvalue weighted by atomic mass is 16.3. The zero-order valence-electron chi connectivity index (χ0n) is 9.91. The van der Waals surface area contributed by atoms with Gasteiger partial charge in [-0.05, 0) is 19.8 Å². The zero-order chi connectivity index (χ0) is 11.7. The van der Waals surface area contributed by atoms with Crippen LogP contribution in [-0.4, -0.2) is 41.7 Å². The molecule has 0 aliphatic heterocycles. The molecule has 90 valence electrons. The third kappa shape index (κ3) is 7.33. The van der Waals surface area contributed by atoms with Crippen LogP contribution in [0.15, 0.2) is 0 Å². The topological polar surface area (TPSA) is 66.6 Å². The summed E-state index contributed by atoms with van der Waals surface area (Å²) < 4.78 is 0. The Morgan fingerprint density at radius 1 is 1.47 bits per heavy atom. The van der Waals surface area contributed by atoms with Gasteiger partial charge in [0.25, 0.3) is 0 Å². The van der Waals surface area contributed by atoms with Gasteiger partial charge < -0.3 is 15.7 Å². The van der Waals surface area contributed by atoms with E-state index in [0.29, 0.717) is 19.4 Å². The molecule has 0 aliphatic rings. The Morgan fingerprint density at radius 3 is 2.60 bits per heavy atom. The molecular formula is C11H24N2O2. The summed E-state index contributed by atoms with van der Waals surface area (Å²) in [6.45, 7) is 5.21. The van der Waals surface area contributed by atoms with Gasteiger partial charge in [0.05, 0.1) is 6.61 Å². The van der Waals surface area contributed by atoms with Crippen LogP contribution in [0.5, 0.6) is 0 Å². The lowest BCUT2D eigenvalue weighted by Gasteiger charge is -2.21. The van der Waals surface area contributed by atoms with E-state index in [9.17, 15) is 4.79 Å². The van der Waals surface area contributed by atoms with Gasteiger partial charge in [-0.3, -0.25) is 4.79 Å². The minimum absolute atomic E-state index is 0.0354. The predicted molar refractivity (Wildman–Crippen MR) is 61.5 cm³/mol. The van der Waals surface area contributed by atoms with Gasteiger partial charge in [0.2, 0.25) is 5.91 Å². The van der Waals surface area contributed by atoms with Crippen LogP contribution in [-0.2, 0) is 4.79 Å². The molecule has 0 bridgehead atoms. The van der Waals surface area contributed by atoms with E-state index in [1.54, 1.807) is 4.90 Å². The van der Waals surface area contributed by atoms with Crippen LogP contribution >= 0.6 is 0 Å². The smallest absolute Gasteiger partial charge is 0.222 e. The van der Waals surface area contributed by atoms with Crippen LogP contribution in [0, 0.1) is 0 Å². The Kier molecular flexibility index (Phi) is 8.33. The SMILES string of the molecule is CCCCN(CCO)C(=O)CCC(C)N. The number of carbonyl (C=O) groups is 1. The quantitative estimate of drug-likeness (QED) is 0.628. The molecule has 0 rings (SSSR count). The van der Waals surface area contributed by atoms with Gasteiger partial charge in [-0.25, -0.2) is 0 Å². The second-order valence-corrected chi connectivity index (χ2v) is 3.97. The van der Waals surface area contributed by atoms with Crippen molar-refractivity contribution in [3.63, 3.8) is 0 Å². The van der Waals surface area contributed by atoms with Crippen molar-refractivity contribution in [3.05, 3.63) is 0 Å². The summed E-state index contributed by atoms with van der Waals surface area (Å²) in [6, 6.07) is 0.0658. The number of aliphatic hydroxyl groups excluding tert-OH is 1. The average Bonchev–Trinajstić information content (AvgIpc) is 2.20. The fourth-order valence-electron chi connectivity index (χ4n) is 1.34. The molecule has 1 atom stereocenters. The van der Waals surface area contributed by atoms with Crippen LogP contribution in [0.1, 0.15) is 39.5 Å². The standard InChI is InChI=1S/C11H24N2O2/c1-3-4-7-13(8-9-14)11(15)6-5-10(2)12/h10,14H,3-9,12H2,1-2H3. The highest BCUT2D eigenvalue weighted by Crippen LogP contribution is 2.02. The van der Waals surface area contributed by atoms with Crippen molar-refractivity contribution in [2.45, 2.75) is 45.6 Å². The van der Waals surface area contributed by atoms with Gasteiger partial charge in [0.15, 0.2) is 0 Å². The van der Waals surface area contributed by atoms with Crippen molar-refractivity contribution in [1.29, 1.82) is 0 Å². The molecular weight excluding hydrogens is 192 g/mol. The molecule has 0 aromatic carbocycles. The fraction of sp³-hybridized carbons (Fsp3) is 0.909. The van der Waals surface area contributed by atoms with Crippen LogP contribution in [0.2, 0.25) is 0 Å². The molecule has 4 nitrogen and oxygen atoms in total. The Hall–Kier alpha value is -0.610. The molecule has 0 radical (unpaired) electrons. The van der Waals surface area contributed by atoms with E-state index in [1.807, 2.05) is 6.92 Å². The Morgan fingerprint density at radius 2 is 2.13 bits per heavy atom. The molecule has 15 heavy (non-hydrogen) atoms. The summed E-state index contributed by atoms with van der Waals surface area (Å²) in [7, 11) is 0. The second-order valence-electron chi connectivity index (χ2n) is 3.97. The van der Waals surface area contributed by atoms with E-state index in [1.165, 1.54) is 0 Å². The van der Waals surface area contributed by atoms with Crippen molar-refractivity contribution >= 4 is 5.91 Å². The summed E-state index contributed by atoms with van der Waals surface area (Å²) in [6.07, 6.45) is 3.25. The monoisotopic (exact) mass is 216 g/mol. The number of nitrogens with zero attached hydrogens (tertiary/aromatic N) is 1. The van der Waals surface area contributed by atoms with E-state index >= 15 is 0 Å². The first-order chi connectivity index (χ1) is 7.11. The van der Waals surface area contributed by atoms with E-state index in [4.69, 9.17) is 10.8 Å². The first-order valence-corrected chi connectivity index (χ1v) is 5.76. The summed E-state index contributed by atoms with van der Waals surface area (Å²) in [4.78, 5) is 13.4. The zero-order valence-corrected chi connectivity index (χ0v) is 9.91. The van der Waals surface area contributed by atoms with E-state index in [2.05, 4.69) is 6.92 Å². The maximum Gasteiger partial charge on any atom is 0.222 e. The Labute approximate surface area is 92.4 Å². The predicted octanol–water partition coefficient (Wildman–Crippen LogP) is 0.735. The maximum absolute atomic E-state index is 11.7. The van der Waals surface area contributed by atoms with Crippen LogP contribution < -0.4 is 5.73 Å². The van der Waals surface area contributed by atoms with Gasteiger partial charge in [-0.1, -0.05) is 13.3 Å². The minimum atomic E-state index is 0.0354. The lowest BCUT2D eigenvalue weighted by molar-refractivity contribution is -0.132. The van der Waals surface area contributed by atoms with E-state index < -0.39 is 0 Å². The molecule has 0 fully saturated rings. The number of amides is 1. The van der Waals surface area contributed by atoms with E-state index in [0.717, 1.165) is 19.4 Å². The maximum atomic E-state index is 11.7. The number of carbonyl (C=O) groups excluding carboxylic acids is 1. The van der Waals surface area contributed by atoms with Gasteiger partial charge >= 0.3 is 0 Å². The number of nitrogens with two attached hydrogens (primary N) is 1. The molecule has 0 saturated heterocycles. The first kappa shape index (κ1) is 14.4. The van der Waals surface area contributed by atoms with Gasteiger partial charge in [0, 0.05) is 25.6 Å². The van der Waals surface area contributed by atoms with Crippen molar-refractivity contribution in [2.75, 3.05) is 19.7 Å². The van der Waals surface area contributed by atoms with Gasteiger partial charge in [0.1, 0.15) is 0 Å². The van der Waals surface area contributed by atoms with Gasteiger partial charge in [-0.2, -0.15) is 0 Å². The summed E-state index contributed by atoms with van der Waals surface area (Å²) in [5.74, 6) is 0.106. The lowest BCUT2D eigenvalue weighted by Crippen LogP contribution is -2.35. The van der Waals surface area contributed by atoms with Crippen molar-refractivity contribution in [2.24, 2.45) is 5.73 Å². The van der Waals surface area contributed by atoms with Crippen molar-refractivity contribution in [1.82, 2.24) is 4.90 Å². The number of rotatable bonds is 8. The molecule has 1 amide bonds. The Bertz CT molecular complexity index is 172. The summed E-state index contributed by atoms with van der Waals surface area (Å²) >= 11 is 0. The van der Waals surface area contributed by atoms with Crippen LogP contribution in [0.3, 0.4) is 0 Å². The molecule has 4 heteroatoms. The third-order valence-electron chi connectivity index (χ3n) is 2.32. The minimum Gasteiger partial charge on any atom is -0.395 e. The molecule has 0 heterocycles. The number of aliphatic hydroxyl groups is 1. The second kappa shape index (κ2) is 8.68. The van der Waals surface area contributed by atoms with Crippen molar-refractivity contribution in [3.8, 4) is 0 Å². The molecule has 3 N–H and O–H groups in total. The lowest BCUT2D eigenvalue weighted by atomic mass is 10.2. The van der Waals surface area contributed by atoms with Crippen LogP contribution in [0.4, 0.5) is 0 Å². The summed E-state index contributed by atoms with van der Waals surface area (Å²) in [5, 5.41) is 8.84. The molecule has 0 aromatic heterocycles. The third-order valence-corrected chi connectivity index (χ3v) is 2.32. The van der Waals surface area contributed by atoms with Crippen LogP contribution in [0.25, 0.3) is 0 Å². The van der Waals surface area contributed by atoms with Gasteiger partial charge in [-0.15, -0.1) is 0 Å². The summed E-state index contributed by atoms with van der Waals surface area (Å²) in [5.41, 5.74) is 5.59. The number of unbranched alkanes of at least 4 members (excludes halogenated alkanes) is 1. The fourth-order valence-corrected chi connectivity index (χ4v) is 1.34. The highest BCUT2D eigenvalue weighted by Gasteiger charge is 2.12. The normalized spacial score (nSPS) is 12.5. The Balaban J connectivity index is 3.92. The number of hydrogen-bond acceptors (Lipinski definition) is 3. The number of hydrogen-bond donors (Lipinski definition) is 2. The molecule has 0 aromatic rings. The average molecular weight is 216 g/mol. The van der Waals surface area contributed by atoms with Crippen molar-refractivity contribution < 1.29 is 9.90 Å². The highest BCUT2D eigenvalue weighted by molar-refractivity contribution is 5.76. The molecule has 0 spiro atoms. The molecule has 1 unspecified atom stereocenters. The molecule has 0 saturated carbocycles. The van der Waals surface area contributed by atoms with E-state index in [-0.39, 0.29) is 18.6 Å².